The number of nitrogens with one attached hydrogen (secondary N) is 1. The van der Waals surface area contributed by atoms with E-state index in [9.17, 15) is 9.59 Å². The highest BCUT2D eigenvalue weighted by Gasteiger charge is 2.18. The molecule has 3 rings (SSSR count). The van der Waals surface area contributed by atoms with Crippen molar-refractivity contribution in [2.75, 3.05) is 11.9 Å². The molecule has 0 unspecified atom stereocenters. The molecule has 0 saturated heterocycles. The van der Waals surface area contributed by atoms with Gasteiger partial charge < -0.3 is 9.88 Å². The van der Waals surface area contributed by atoms with E-state index < -0.39 is 5.69 Å². The van der Waals surface area contributed by atoms with Crippen LogP contribution >= 0.6 is 11.6 Å². The Bertz CT molecular complexity index is 1080. The summed E-state index contributed by atoms with van der Waals surface area (Å²) in [6.07, 6.45) is 0.989. The summed E-state index contributed by atoms with van der Waals surface area (Å²) in [6, 6.07) is 7.10. The first kappa shape index (κ1) is 19.2. The van der Waals surface area contributed by atoms with Crippen LogP contribution in [0.5, 0.6) is 0 Å². The molecule has 7 nitrogen and oxygen atoms in total. The number of nitrogens with zero attached hydrogens (tertiary/aromatic N) is 4. The molecule has 0 spiro atoms. The molecule has 0 radical (unpaired) electrons. The van der Waals surface area contributed by atoms with Crippen molar-refractivity contribution in [1.82, 2.24) is 18.7 Å². The summed E-state index contributed by atoms with van der Waals surface area (Å²) in [5.74, 6) is 1.15. The lowest BCUT2D eigenvalue weighted by atomic mass is 10.1. The van der Waals surface area contributed by atoms with Gasteiger partial charge in [0.05, 0.1) is 6.54 Å². The average molecular weight is 390 g/mol. The van der Waals surface area contributed by atoms with E-state index in [1.54, 1.807) is 42.9 Å². The third-order valence-corrected chi connectivity index (χ3v) is 4.87. The molecule has 0 aliphatic rings. The van der Waals surface area contributed by atoms with Gasteiger partial charge in [-0.15, -0.1) is 0 Å². The van der Waals surface area contributed by atoms with Crippen LogP contribution in [0.25, 0.3) is 11.2 Å². The van der Waals surface area contributed by atoms with Gasteiger partial charge in [-0.05, 0) is 30.0 Å². The van der Waals surface area contributed by atoms with Crippen LogP contribution in [0.3, 0.4) is 0 Å². The monoisotopic (exact) mass is 389 g/mol. The highest BCUT2D eigenvalue weighted by molar-refractivity contribution is 6.30. The average Bonchev–Trinajstić information content (AvgIpc) is 2.95. The van der Waals surface area contributed by atoms with Crippen molar-refractivity contribution in [3.05, 3.63) is 55.7 Å². The number of halogens is 1. The number of rotatable bonds is 6. The van der Waals surface area contributed by atoms with E-state index in [0.29, 0.717) is 28.1 Å². The Hall–Kier alpha value is -2.54. The molecule has 144 valence electrons. The molecule has 2 aromatic heterocycles. The Morgan fingerprint density at radius 3 is 2.41 bits per heavy atom. The van der Waals surface area contributed by atoms with Gasteiger partial charge >= 0.3 is 5.69 Å². The van der Waals surface area contributed by atoms with Gasteiger partial charge in [0.25, 0.3) is 5.56 Å². The highest BCUT2D eigenvalue weighted by Crippen LogP contribution is 2.15. The summed E-state index contributed by atoms with van der Waals surface area (Å²) in [6.45, 7) is 5.23. The van der Waals surface area contributed by atoms with Gasteiger partial charge in [0.2, 0.25) is 5.95 Å². The molecule has 0 atom stereocenters. The van der Waals surface area contributed by atoms with Gasteiger partial charge in [-0.25, -0.2) is 4.79 Å². The summed E-state index contributed by atoms with van der Waals surface area (Å²) in [5, 5.41) is 3.87. The fourth-order valence-electron chi connectivity index (χ4n) is 2.99. The highest BCUT2D eigenvalue weighted by atomic mass is 35.5. The van der Waals surface area contributed by atoms with Crippen LogP contribution in [0, 0.1) is 5.92 Å². The molecular weight excluding hydrogens is 366 g/mol. The van der Waals surface area contributed by atoms with Gasteiger partial charge in [0.1, 0.15) is 0 Å². The number of anilines is 1. The van der Waals surface area contributed by atoms with Crippen LogP contribution in [0.4, 0.5) is 5.95 Å². The van der Waals surface area contributed by atoms with Gasteiger partial charge in [-0.2, -0.15) is 4.98 Å². The Kier molecular flexibility index (Phi) is 5.41. The minimum atomic E-state index is -0.394. The van der Waals surface area contributed by atoms with E-state index in [-0.39, 0.29) is 12.1 Å². The summed E-state index contributed by atoms with van der Waals surface area (Å²) < 4.78 is 4.36. The molecular formula is C19H24ClN5O2. The summed E-state index contributed by atoms with van der Waals surface area (Å²) in [5.41, 5.74) is 0.865. The van der Waals surface area contributed by atoms with Crippen LogP contribution in [-0.4, -0.2) is 25.2 Å². The molecule has 2 heterocycles. The number of fused-ring (bicyclic) bond motifs is 1. The smallest absolute Gasteiger partial charge is 0.332 e. The number of aryl methyl sites for hydroxylation is 2. The summed E-state index contributed by atoms with van der Waals surface area (Å²) >= 11 is 5.91. The van der Waals surface area contributed by atoms with Gasteiger partial charge in [-0.1, -0.05) is 37.6 Å². The first-order valence-electron chi connectivity index (χ1n) is 8.94. The zero-order chi connectivity index (χ0) is 19.7. The minimum Gasteiger partial charge on any atom is -0.356 e. The van der Waals surface area contributed by atoms with E-state index in [1.165, 1.54) is 9.13 Å². The maximum absolute atomic E-state index is 13.0. The van der Waals surface area contributed by atoms with Crippen LogP contribution in [0.2, 0.25) is 5.02 Å². The predicted molar refractivity (Wildman–Crippen MR) is 109 cm³/mol. The molecule has 0 bridgehead atoms. The summed E-state index contributed by atoms with van der Waals surface area (Å²) in [4.78, 5) is 30.2. The molecule has 3 aromatic rings. The van der Waals surface area contributed by atoms with Crippen molar-refractivity contribution in [2.24, 2.45) is 20.0 Å². The van der Waals surface area contributed by atoms with Crippen molar-refractivity contribution in [3.8, 4) is 0 Å². The number of aromatic nitrogens is 4. The number of benzene rings is 1. The number of hydrogen-bond donors (Lipinski definition) is 1. The second-order valence-corrected chi connectivity index (χ2v) is 7.57. The fourth-order valence-corrected chi connectivity index (χ4v) is 3.11. The van der Waals surface area contributed by atoms with Gasteiger partial charge in [0.15, 0.2) is 11.2 Å². The molecule has 27 heavy (non-hydrogen) atoms. The lowest BCUT2D eigenvalue weighted by Crippen LogP contribution is -2.39. The number of imidazole rings is 1. The quantitative estimate of drug-likeness (QED) is 0.703. The Balaban J connectivity index is 2.06. The fraction of sp³-hybridized carbons (Fsp3) is 0.421. The Morgan fingerprint density at radius 2 is 1.78 bits per heavy atom. The van der Waals surface area contributed by atoms with E-state index in [0.717, 1.165) is 18.5 Å². The van der Waals surface area contributed by atoms with Crippen molar-refractivity contribution >= 4 is 28.7 Å². The number of hydrogen-bond acceptors (Lipinski definition) is 4. The van der Waals surface area contributed by atoms with Crippen LogP contribution in [0.1, 0.15) is 25.8 Å². The van der Waals surface area contributed by atoms with E-state index in [1.807, 2.05) is 0 Å². The first-order chi connectivity index (χ1) is 12.8. The zero-order valence-electron chi connectivity index (χ0n) is 16.0. The molecule has 0 fully saturated rings. The van der Waals surface area contributed by atoms with Crippen LogP contribution in [0.15, 0.2) is 33.9 Å². The standard InChI is InChI=1S/C19H24ClN5O2/c1-12(2)9-10-21-18-22-16-15(23(18)3)17(26)25(19(27)24(16)4)11-13-5-7-14(20)8-6-13/h5-8,12H,9-11H2,1-4H3,(H,21,22). The van der Waals surface area contributed by atoms with Gasteiger partial charge in [0, 0.05) is 25.7 Å². The molecule has 8 heteroatoms. The van der Waals surface area contributed by atoms with E-state index in [4.69, 9.17) is 11.6 Å². The van der Waals surface area contributed by atoms with Crippen LogP contribution < -0.4 is 16.6 Å². The van der Waals surface area contributed by atoms with E-state index >= 15 is 0 Å². The Morgan fingerprint density at radius 1 is 1.11 bits per heavy atom. The maximum atomic E-state index is 13.0. The second-order valence-electron chi connectivity index (χ2n) is 7.14. The van der Waals surface area contributed by atoms with Crippen molar-refractivity contribution in [2.45, 2.75) is 26.8 Å². The van der Waals surface area contributed by atoms with Crippen molar-refractivity contribution in [3.63, 3.8) is 0 Å². The molecule has 0 aliphatic heterocycles. The van der Waals surface area contributed by atoms with Crippen molar-refractivity contribution in [1.29, 1.82) is 0 Å². The predicted octanol–water partition coefficient (Wildman–Crippen LogP) is 2.59. The molecule has 0 amide bonds. The summed E-state index contributed by atoms with van der Waals surface area (Å²) in [7, 11) is 3.42. The molecule has 0 saturated carbocycles. The Labute approximate surface area is 162 Å². The third kappa shape index (κ3) is 3.78. The molecule has 0 aliphatic carbocycles. The minimum absolute atomic E-state index is 0.180. The van der Waals surface area contributed by atoms with Crippen LogP contribution in [-0.2, 0) is 20.6 Å². The topological polar surface area (TPSA) is 73.8 Å². The maximum Gasteiger partial charge on any atom is 0.332 e. The lowest BCUT2D eigenvalue weighted by molar-refractivity contribution is 0.605. The normalized spacial score (nSPS) is 11.5. The lowest BCUT2D eigenvalue weighted by Gasteiger charge is -2.09. The SMILES string of the molecule is CC(C)CCNc1nc2c(c(=O)n(Cc3ccc(Cl)cc3)c(=O)n2C)n1C. The third-order valence-electron chi connectivity index (χ3n) is 4.62. The second kappa shape index (κ2) is 7.60. The van der Waals surface area contributed by atoms with Crippen molar-refractivity contribution < 1.29 is 0 Å². The zero-order valence-corrected chi connectivity index (χ0v) is 16.7. The van der Waals surface area contributed by atoms with E-state index in [2.05, 4.69) is 24.1 Å². The molecule has 1 aromatic carbocycles. The largest absolute Gasteiger partial charge is 0.356 e. The first-order valence-corrected chi connectivity index (χ1v) is 9.32. The molecule has 1 N–H and O–H groups in total. The van der Waals surface area contributed by atoms with Gasteiger partial charge in [-0.3, -0.25) is 13.9 Å².